The molecule has 116 valence electrons. The van der Waals surface area contributed by atoms with E-state index >= 15 is 0 Å². The van der Waals surface area contributed by atoms with E-state index in [1.807, 2.05) is 27.9 Å². The monoisotopic (exact) mass is 364 g/mol. The maximum atomic E-state index is 12.7. The van der Waals surface area contributed by atoms with Crippen LogP contribution in [0.25, 0.3) is 0 Å². The van der Waals surface area contributed by atoms with E-state index in [1.165, 1.54) is 0 Å². The van der Waals surface area contributed by atoms with Gasteiger partial charge in [-0.2, -0.15) is 0 Å². The van der Waals surface area contributed by atoms with Crippen LogP contribution in [0, 0.1) is 0 Å². The Morgan fingerprint density at radius 3 is 2.77 bits per heavy atom. The molecule has 2 aromatic rings. The maximum Gasteiger partial charge on any atom is 0.255 e. The summed E-state index contributed by atoms with van der Waals surface area (Å²) in [5, 5.41) is 7.89. The third-order valence-corrected chi connectivity index (χ3v) is 4.66. The van der Waals surface area contributed by atoms with Crippen molar-refractivity contribution in [3.8, 4) is 5.75 Å². The standard InChI is InChI=1S/C15H17BrN4O2/c1-22-12-2-3-14(16)13(10-12)15(21)19-7-4-11(5-8-19)20-9-6-17-18-20/h2-3,6,9-11H,4-5,7-8H2,1H3. The molecular weight excluding hydrogens is 348 g/mol. The zero-order valence-corrected chi connectivity index (χ0v) is 13.9. The molecule has 1 fully saturated rings. The second-order valence-corrected chi connectivity index (χ2v) is 6.11. The number of aromatic nitrogens is 3. The molecule has 0 spiro atoms. The summed E-state index contributed by atoms with van der Waals surface area (Å²) in [6.45, 7) is 1.43. The summed E-state index contributed by atoms with van der Waals surface area (Å²) in [5.41, 5.74) is 0.638. The molecule has 3 rings (SSSR count). The highest BCUT2D eigenvalue weighted by Gasteiger charge is 2.26. The van der Waals surface area contributed by atoms with Crippen molar-refractivity contribution in [2.45, 2.75) is 18.9 Å². The van der Waals surface area contributed by atoms with E-state index in [0.29, 0.717) is 30.4 Å². The number of rotatable bonds is 3. The first-order valence-corrected chi connectivity index (χ1v) is 7.97. The van der Waals surface area contributed by atoms with Crippen molar-refractivity contribution in [2.75, 3.05) is 20.2 Å². The van der Waals surface area contributed by atoms with E-state index in [0.717, 1.165) is 17.3 Å². The Labute approximate surface area is 137 Å². The van der Waals surface area contributed by atoms with Crippen LogP contribution in [0.1, 0.15) is 29.2 Å². The lowest BCUT2D eigenvalue weighted by Crippen LogP contribution is -2.39. The lowest BCUT2D eigenvalue weighted by atomic mass is 10.0. The lowest BCUT2D eigenvalue weighted by molar-refractivity contribution is 0.0688. The molecule has 0 atom stereocenters. The Kier molecular flexibility index (Phi) is 4.42. The fraction of sp³-hybridized carbons (Fsp3) is 0.400. The van der Waals surface area contributed by atoms with E-state index in [4.69, 9.17) is 4.74 Å². The zero-order valence-electron chi connectivity index (χ0n) is 12.3. The van der Waals surface area contributed by atoms with Crippen LogP contribution in [0.2, 0.25) is 0 Å². The van der Waals surface area contributed by atoms with Crippen LogP contribution >= 0.6 is 15.9 Å². The number of hydrogen-bond acceptors (Lipinski definition) is 4. The number of halogens is 1. The first kappa shape index (κ1) is 15.0. The predicted octanol–water partition coefficient (Wildman–Crippen LogP) is 2.53. The minimum Gasteiger partial charge on any atom is -0.497 e. The van der Waals surface area contributed by atoms with Crippen LogP contribution in [-0.2, 0) is 0 Å². The summed E-state index contributed by atoms with van der Waals surface area (Å²) in [5.74, 6) is 0.715. The summed E-state index contributed by atoms with van der Waals surface area (Å²) in [4.78, 5) is 14.6. The number of carbonyl (C=O) groups excluding carboxylic acids is 1. The van der Waals surface area contributed by atoms with E-state index in [1.54, 1.807) is 19.4 Å². The average Bonchev–Trinajstić information content (AvgIpc) is 3.09. The van der Waals surface area contributed by atoms with Gasteiger partial charge in [0.25, 0.3) is 5.91 Å². The molecule has 0 bridgehead atoms. The van der Waals surface area contributed by atoms with Crippen LogP contribution in [0.4, 0.5) is 0 Å². The molecule has 1 amide bonds. The topological polar surface area (TPSA) is 60.2 Å². The van der Waals surface area contributed by atoms with Crippen molar-refractivity contribution in [1.82, 2.24) is 19.9 Å². The van der Waals surface area contributed by atoms with Crippen molar-refractivity contribution in [3.63, 3.8) is 0 Å². The number of benzene rings is 1. The van der Waals surface area contributed by atoms with Gasteiger partial charge < -0.3 is 9.64 Å². The molecule has 1 aromatic carbocycles. The van der Waals surface area contributed by atoms with Crippen molar-refractivity contribution >= 4 is 21.8 Å². The van der Waals surface area contributed by atoms with Crippen molar-refractivity contribution in [2.24, 2.45) is 0 Å². The zero-order chi connectivity index (χ0) is 15.5. The fourth-order valence-corrected chi connectivity index (χ4v) is 3.13. The van der Waals surface area contributed by atoms with Crippen molar-refractivity contribution in [3.05, 3.63) is 40.6 Å². The van der Waals surface area contributed by atoms with Crippen LogP contribution in [0.3, 0.4) is 0 Å². The molecule has 0 N–H and O–H groups in total. The molecule has 1 saturated heterocycles. The van der Waals surface area contributed by atoms with Crippen molar-refractivity contribution in [1.29, 1.82) is 0 Å². The minimum absolute atomic E-state index is 0.0304. The number of carbonyl (C=O) groups is 1. The second kappa shape index (κ2) is 6.48. The maximum absolute atomic E-state index is 12.7. The first-order chi connectivity index (χ1) is 10.7. The third kappa shape index (κ3) is 2.99. The fourth-order valence-electron chi connectivity index (χ4n) is 2.71. The highest BCUT2D eigenvalue weighted by atomic mass is 79.9. The van der Waals surface area contributed by atoms with E-state index in [-0.39, 0.29) is 5.91 Å². The van der Waals surface area contributed by atoms with Gasteiger partial charge in [0.1, 0.15) is 5.75 Å². The van der Waals surface area contributed by atoms with Gasteiger partial charge in [0.15, 0.2) is 0 Å². The van der Waals surface area contributed by atoms with Gasteiger partial charge in [-0.3, -0.25) is 4.79 Å². The molecule has 1 aromatic heterocycles. The molecule has 7 heteroatoms. The summed E-state index contributed by atoms with van der Waals surface area (Å²) in [6, 6.07) is 5.77. The minimum atomic E-state index is 0.0304. The van der Waals surface area contributed by atoms with Crippen LogP contribution in [0.15, 0.2) is 35.1 Å². The normalized spacial score (nSPS) is 15.8. The molecule has 0 unspecified atom stereocenters. The third-order valence-electron chi connectivity index (χ3n) is 3.97. The Bertz CT molecular complexity index is 652. The van der Waals surface area contributed by atoms with Gasteiger partial charge in [-0.05, 0) is 47.0 Å². The van der Waals surface area contributed by atoms with Gasteiger partial charge >= 0.3 is 0 Å². The van der Waals surface area contributed by atoms with Crippen molar-refractivity contribution < 1.29 is 9.53 Å². The molecule has 2 heterocycles. The quantitative estimate of drug-likeness (QED) is 0.839. The smallest absolute Gasteiger partial charge is 0.255 e. The van der Waals surface area contributed by atoms with Gasteiger partial charge in [-0.15, -0.1) is 5.10 Å². The number of likely N-dealkylation sites (tertiary alicyclic amines) is 1. The van der Waals surface area contributed by atoms with Gasteiger partial charge in [0.05, 0.1) is 24.9 Å². The van der Waals surface area contributed by atoms with Crippen LogP contribution < -0.4 is 4.74 Å². The number of piperidine rings is 1. The molecule has 0 aliphatic carbocycles. The Morgan fingerprint density at radius 1 is 1.36 bits per heavy atom. The largest absolute Gasteiger partial charge is 0.497 e. The number of ether oxygens (including phenoxy) is 1. The number of methoxy groups -OCH3 is 1. The second-order valence-electron chi connectivity index (χ2n) is 5.25. The van der Waals surface area contributed by atoms with Gasteiger partial charge in [0, 0.05) is 23.8 Å². The SMILES string of the molecule is COc1ccc(Br)c(C(=O)N2CCC(n3ccnn3)CC2)c1. The summed E-state index contributed by atoms with van der Waals surface area (Å²) in [7, 11) is 1.60. The van der Waals surface area contributed by atoms with Crippen LogP contribution in [0.5, 0.6) is 5.75 Å². The van der Waals surface area contributed by atoms with E-state index in [2.05, 4.69) is 26.2 Å². The Morgan fingerprint density at radius 2 is 2.14 bits per heavy atom. The highest BCUT2D eigenvalue weighted by Crippen LogP contribution is 2.27. The molecular formula is C15H17BrN4O2. The van der Waals surface area contributed by atoms with E-state index in [9.17, 15) is 4.79 Å². The number of nitrogens with zero attached hydrogens (tertiary/aromatic N) is 4. The van der Waals surface area contributed by atoms with Gasteiger partial charge in [-0.25, -0.2) is 4.68 Å². The first-order valence-electron chi connectivity index (χ1n) is 7.17. The average molecular weight is 365 g/mol. The van der Waals surface area contributed by atoms with Crippen LogP contribution in [-0.4, -0.2) is 46.0 Å². The molecule has 6 nitrogen and oxygen atoms in total. The molecule has 0 radical (unpaired) electrons. The Balaban J connectivity index is 1.69. The highest BCUT2D eigenvalue weighted by molar-refractivity contribution is 9.10. The van der Waals surface area contributed by atoms with Gasteiger partial charge in [-0.1, -0.05) is 5.21 Å². The molecule has 1 aliphatic heterocycles. The van der Waals surface area contributed by atoms with Gasteiger partial charge in [0.2, 0.25) is 0 Å². The summed E-state index contributed by atoms with van der Waals surface area (Å²) in [6.07, 6.45) is 5.33. The Hall–Kier alpha value is -1.89. The molecule has 22 heavy (non-hydrogen) atoms. The summed E-state index contributed by atoms with van der Waals surface area (Å²) >= 11 is 3.44. The predicted molar refractivity (Wildman–Crippen MR) is 84.9 cm³/mol. The summed E-state index contributed by atoms with van der Waals surface area (Å²) < 4.78 is 7.87. The molecule has 0 saturated carbocycles. The number of amides is 1. The molecule has 1 aliphatic rings. The number of hydrogen-bond donors (Lipinski definition) is 0. The lowest BCUT2D eigenvalue weighted by Gasteiger charge is -2.32. The van der Waals surface area contributed by atoms with E-state index < -0.39 is 0 Å².